The van der Waals surface area contributed by atoms with E-state index in [0.29, 0.717) is 5.75 Å². The number of nitro groups is 1. The fourth-order valence-electron chi connectivity index (χ4n) is 3.89. The number of rotatable bonds is 14. The minimum atomic E-state index is -2.01. The lowest BCUT2D eigenvalue weighted by Gasteiger charge is -2.46. The molecule has 13 nitrogen and oxygen atoms in total. The Balaban J connectivity index is 1.60. The summed E-state index contributed by atoms with van der Waals surface area (Å²) in [5.74, 6) is -2.38. The average molecular weight is 735 g/mol. The number of amides is 2. The molecular formula is C28H26Cl3N3O10S2. The maximum atomic E-state index is 13.6. The first-order valence-electron chi connectivity index (χ1n) is 13.5. The molecule has 2 aliphatic rings. The van der Waals surface area contributed by atoms with E-state index in [9.17, 15) is 29.3 Å². The van der Waals surface area contributed by atoms with Crippen molar-refractivity contribution in [3.8, 4) is 5.75 Å². The standard InChI is InChI=1S/C28H26Cl3N3O10S2/c1-16(44-27(38)42-13-17-11-12-17)23(26(37)43-15-28(29,30)31)33-24(36)22(32-21(35)14-41-18-7-3-2-4-8-18)25(33)46-45-20-10-6-5-9-19(20)34(39)40/h2-10,17,22,25H,11-15H2,1H3,(H,32,35). The molecule has 46 heavy (non-hydrogen) atoms. The van der Waals surface area contributed by atoms with Gasteiger partial charge in [0.15, 0.2) is 12.3 Å². The van der Waals surface area contributed by atoms with Crippen LogP contribution >= 0.6 is 56.4 Å². The number of ether oxygens (including phenoxy) is 4. The molecule has 2 aromatic rings. The third kappa shape index (κ3) is 10.1. The van der Waals surface area contributed by atoms with Crippen molar-refractivity contribution in [3.63, 3.8) is 0 Å². The molecule has 1 saturated carbocycles. The quantitative estimate of drug-likeness (QED) is 0.0365. The van der Waals surface area contributed by atoms with Crippen molar-refractivity contribution in [2.24, 2.45) is 5.92 Å². The molecule has 2 unspecified atom stereocenters. The number of β-lactam (4-membered cyclic amide) rings is 1. The van der Waals surface area contributed by atoms with Gasteiger partial charge in [0.1, 0.15) is 29.5 Å². The highest BCUT2D eigenvalue weighted by atomic mass is 35.6. The monoisotopic (exact) mass is 733 g/mol. The molecule has 1 heterocycles. The highest BCUT2D eigenvalue weighted by Crippen LogP contribution is 2.46. The van der Waals surface area contributed by atoms with Crippen molar-refractivity contribution < 1.29 is 43.0 Å². The summed E-state index contributed by atoms with van der Waals surface area (Å²) < 4.78 is 18.9. The van der Waals surface area contributed by atoms with Crippen molar-refractivity contribution >= 4 is 86.0 Å². The Hall–Kier alpha value is -3.37. The zero-order chi connectivity index (χ0) is 33.4. The zero-order valence-corrected chi connectivity index (χ0v) is 27.8. The maximum absolute atomic E-state index is 13.6. The second-order valence-corrected chi connectivity index (χ2v) is 14.7. The van der Waals surface area contributed by atoms with Crippen molar-refractivity contribution in [3.05, 3.63) is 76.2 Å². The van der Waals surface area contributed by atoms with Crippen LogP contribution in [0.2, 0.25) is 0 Å². The Morgan fingerprint density at radius 1 is 1.07 bits per heavy atom. The fraction of sp³-hybridized carbons (Fsp3) is 0.357. The summed E-state index contributed by atoms with van der Waals surface area (Å²) in [6.07, 6.45) is 0.683. The van der Waals surface area contributed by atoms with Crippen LogP contribution in [0, 0.1) is 16.0 Å². The first-order valence-corrected chi connectivity index (χ1v) is 16.8. The van der Waals surface area contributed by atoms with Crippen LogP contribution in [0.1, 0.15) is 19.8 Å². The highest BCUT2D eigenvalue weighted by Gasteiger charge is 2.53. The Bertz CT molecular complexity index is 1510. The lowest BCUT2D eigenvalue weighted by Crippen LogP contribution is -2.69. The van der Waals surface area contributed by atoms with Crippen molar-refractivity contribution in [2.45, 2.75) is 39.9 Å². The Morgan fingerprint density at radius 2 is 1.74 bits per heavy atom. The summed E-state index contributed by atoms with van der Waals surface area (Å²) in [4.78, 5) is 64.3. The van der Waals surface area contributed by atoms with Crippen LogP contribution in [0.15, 0.2) is 70.9 Å². The number of hydrogen-bond donors (Lipinski definition) is 1. The van der Waals surface area contributed by atoms with Gasteiger partial charge < -0.3 is 24.3 Å². The van der Waals surface area contributed by atoms with Gasteiger partial charge in [0.25, 0.3) is 17.5 Å². The molecule has 0 spiro atoms. The largest absolute Gasteiger partial charge is 0.513 e. The summed E-state index contributed by atoms with van der Waals surface area (Å²) in [5, 5.41) is 13.1. The Morgan fingerprint density at radius 3 is 2.39 bits per heavy atom. The molecule has 1 saturated heterocycles. The van der Waals surface area contributed by atoms with Gasteiger partial charge >= 0.3 is 12.1 Å². The molecule has 246 valence electrons. The highest BCUT2D eigenvalue weighted by molar-refractivity contribution is 8.77. The SMILES string of the molecule is CC(OC(=O)OCC1CC1)=C(C(=O)OCC(Cl)(Cl)Cl)N1C(=O)C(NC(=O)COc2ccccc2)C1SSc1ccccc1[N+](=O)[O-]. The predicted molar refractivity (Wildman–Crippen MR) is 170 cm³/mol. The normalized spacial score (nSPS) is 18.1. The topological polar surface area (TPSA) is 164 Å². The summed E-state index contributed by atoms with van der Waals surface area (Å²) >= 11 is 17.2. The summed E-state index contributed by atoms with van der Waals surface area (Å²) in [6, 6.07) is 13.1. The van der Waals surface area contributed by atoms with Crippen LogP contribution in [-0.2, 0) is 28.6 Å². The first-order chi connectivity index (χ1) is 21.8. The molecule has 2 fully saturated rings. The van der Waals surface area contributed by atoms with E-state index in [1.807, 2.05) is 0 Å². The van der Waals surface area contributed by atoms with E-state index < -0.39 is 63.0 Å². The van der Waals surface area contributed by atoms with Crippen LogP contribution in [0.25, 0.3) is 0 Å². The molecule has 1 N–H and O–H groups in total. The van der Waals surface area contributed by atoms with E-state index in [0.717, 1.165) is 39.3 Å². The molecule has 0 radical (unpaired) electrons. The molecule has 1 aliphatic heterocycles. The minimum absolute atomic E-state index is 0.117. The van der Waals surface area contributed by atoms with Gasteiger partial charge in [-0.25, -0.2) is 9.59 Å². The van der Waals surface area contributed by atoms with Gasteiger partial charge in [0.05, 0.1) is 16.4 Å². The van der Waals surface area contributed by atoms with Gasteiger partial charge in [-0.2, -0.15) is 0 Å². The van der Waals surface area contributed by atoms with Crippen LogP contribution in [0.4, 0.5) is 10.5 Å². The van der Waals surface area contributed by atoms with Crippen LogP contribution in [-0.4, -0.2) is 68.8 Å². The van der Waals surface area contributed by atoms with E-state index in [1.54, 1.807) is 36.4 Å². The molecule has 2 amide bonds. The van der Waals surface area contributed by atoms with Crippen LogP contribution in [0.3, 0.4) is 0 Å². The van der Waals surface area contributed by atoms with E-state index in [-0.39, 0.29) is 28.9 Å². The number of para-hydroxylation sites is 2. The van der Waals surface area contributed by atoms with E-state index in [2.05, 4.69) is 5.32 Å². The van der Waals surface area contributed by atoms with Crippen molar-refractivity contribution in [1.29, 1.82) is 0 Å². The number of nitrogens with one attached hydrogen (secondary N) is 1. The third-order valence-electron chi connectivity index (χ3n) is 6.28. The Labute approximate surface area is 285 Å². The average Bonchev–Trinajstić information content (AvgIpc) is 3.85. The number of benzene rings is 2. The van der Waals surface area contributed by atoms with Crippen molar-refractivity contribution in [2.75, 3.05) is 19.8 Å². The number of halogens is 3. The van der Waals surface area contributed by atoms with Gasteiger partial charge in [0, 0.05) is 6.07 Å². The van der Waals surface area contributed by atoms with E-state index in [1.165, 1.54) is 25.1 Å². The second kappa shape index (κ2) is 16.0. The zero-order valence-electron chi connectivity index (χ0n) is 23.9. The Kier molecular flexibility index (Phi) is 12.3. The van der Waals surface area contributed by atoms with Crippen molar-refractivity contribution in [1.82, 2.24) is 10.2 Å². The van der Waals surface area contributed by atoms with E-state index in [4.69, 9.17) is 53.8 Å². The first kappa shape index (κ1) is 35.5. The number of likely N-dealkylation sites (tertiary alicyclic amines) is 1. The third-order valence-corrected chi connectivity index (χ3v) is 9.32. The number of carbonyl (C=O) groups excluding carboxylic acids is 4. The molecular weight excluding hydrogens is 709 g/mol. The fourth-order valence-corrected chi connectivity index (χ4v) is 6.83. The summed E-state index contributed by atoms with van der Waals surface area (Å²) in [7, 11) is 1.85. The molecule has 0 bridgehead atoms. The number of hydrogen-bond acceptors (Lipinski definition) is 12. The van der Waals surface area contributed by atoms with Crippen LogP contribution in [0.5, 0.6) is 5.75 Å². The smallest absolute Gasteiger partial charge is 0.484 e. The number of nitro benzene ring substituents is 1. The second-order valence-electron chi connectivity index (χ2n) is 9.85. The minimum Gasteiger partial charge on any atom is -0.484 e. The lowest BCUT2D eigenvalue weighted by molar-refractivity contribution is -0.387. The summed E-state index contributed by atoms with van der Waals surface area (Å²) in [5.41, 5.74) is -0.737. The summed E-state index contributed by atoms with van der Waals surface area (Å²) in [6.45, 7) is 0.187. The number of allylic oxidation sites excluding steroid dienone is 1. The molecule has 2 aromatic carbocycles. The van der Waals surface area contributed by atoms with Gasteiger partial charge in [-0.15, -0.1) is 0 Å². The van der Waals surface area contributed by atoms with Gasteiger partial charge in [-0.1, -0.05) is 75.9 Å². The van der Waals surface area contributed by atoms with Crippen LogP contribution < -0.4 is 10.1 Å². The number of carbonyl (C=O) groups is 4. The van der Waals surface area contributed by atoms with Gasteiger partial charge in [0.2, 0.25) is 3.79 Å². The van der Waals surface area contributed by atoms with E-state index >= 15 is 0 Å². The molecule has 18 heteroatoms. The number of nitrogens with zero attached hydrogens (tertiary/aromatic N) is 2. The maximum Gasteiger partial charge on any atom is 0.513 e. The molecule has 4 rings (SSSR count). The van der Waals surface area contributed by atoms with Gasteiger partial charge in [-0.05, 0) is 54.7 Å². The predicted octanol–water partition coefficient (Wildman–Crippen LogP) is 5.78. The molecule has 1 aliphatic carbocycles. The van der Waals surface area contributed by atoms with Gasteiger partial charge in [-0.3, -0.25) is 24.6 Å². The molecule has 2 atom stereocenters. The lowest BCUT2D eigenvalue weighted by atomic mass is 10.1. The number of alkyl halides is 3. The number of esters is 1. The molecule has 0 aromatic heterocycles.